The van der Waals surface area contributed by atoms with Crippen LogP contribution in [0.3, 0.4) is 0 Å². The Balaban J connectivity index is 4.35. The highest BCUT2D eigenvalue weighted by atomic mass is 16.5. The number of rotatable bonds is 10. The van der Waals surface area contributed by atoms with Crippen molar-refractivity contribution in [3.8, 4) is 0 Å². The molecule has 0 spiro atoms. The third-order valence-corrected chi connectivity index (χ3v) is 3.02. The van der Waals surface area contributed by atoms with E-state index in [2.05, 4.69) is 24.2 Å². The minimum absolute atomic E-state index is 0.158. The molecule has 0 heterocycles. The van der Waals surface area contributed by atoms with Gasteiger partial charge in [-0.1, -0.05) is 26.7 Å². The molecule has 4 nitrogen and oxygen atoms in total. The van der Waals surface area contributed by atoms with Crippen molar-refractivity contribution in [1.82, 2.24) is 10.2 Å². The molecule has 18 heavy (non-hydrogen) atoms. The molecule has 0 radical (unpaired) electrons. The first-order valence-electron chi connectivity index (χ1n) is 7.11. The number of nitrogens with zero attached hydrogens (tertiary/aromatic N) is 1. The summed E-state index contributed by atoms with van der Waals surface area (Å²) in [5.74, 6) is -0.158. The van der Waals surface area contributed by atoms with Crippen LogP contribution in [0.2, 0.25) is 0 Å². The number of nitrogens with one attached hydrogen (secondary N) is 1. The highest BCUT2D eigenvalue weighted by Gasteiger charge is 2.34. The average Bonchev–Trinajstić information content (AvgIpc) is 2.29. The number of carbonyl (C=O) groups excluding carboxylic acids is 1. The van der Waals surface area contributed by atoms with Crippen LogP contribution >= 0.6 is 0 Å². The van der Waals surface area contributed by atoms with Gasteiger partial charge in [-0.25, -0.2) is 0 Å². The van der Waals surface area contributed by atoms with Gasteiger partial charge in [-0.3, -0.25) is 4.79 Å². The van der Waals surface area contributed by atoms with Crippen molar-refractivity contribution in [2.45, 2.75) is 52.5 Å². The van der Waals surface area contributed by atoms with Crippen LogP contribution < -0.4 is 5.32 Å². The Morgan fingerprint density at radius 1 is 1.28 bits per heavy atom. The summed E-state index contributed by atoms with van der Waals surface area (Å²) in [6, 6.07) is 0. The molecule has 0 aliphatic rings. The zero-order chi connectivity index (χ0) is 14.0. The van der Waals surface area contributed by atoms with Crippen LogP contribution in [0, 0.1) is 0 Å². The smallest absolute Gasteiger partial charge is 0.327 e. The molecule has 0 aliphatic carbocycles. The lowest BCUT2D eigenvalue weighted by Gasteiger charge is -2.32. The molecule has 0 aromatic carbocycles. The van der Waals surface area contributed by atoms with E-state index >= 15 is 0 Å². The van der Waals surface area contributed by atoms with Crippen molar-refractivity contribution in [3.63, 3.8) is 0 Å². The van der Waals surface area contributed by atoms with Gasteiger partial charge in [0, 0.05) is 6.54 Å². The molecule has 0 fully saturated rings. The van der Waals surface area contributed by atoms with E-state index in [4.69, 9.17) is 4.74 Å². The second kappa shape index (κ2) is 9.34. The Labute approximate surface area is 112 Å². The predicted octanol–water partition coefficient (Wildman–Crippen LogP) is 2.04. The van der Waals surface area contributed by atoms with Gasteiger partial charge in [-0.05, 0) is 40.4 Å². The number of esters is 1. The van der Waals surface area contributed by atoms with Gasteiger partial charge >= 0.3 is 5.97 Å². The van der Waals surface area contributed by atoms with Crippen molar-refractivity contribution in [2.24, 2.45) is 0 Å². The summed E-state index contributed by atoms with van der Waals surface area (Å²) in [7, 11) is 2.06. The van der Waals surface area contributed by atoms with Crippen LogP contribution in [0.4, 0.5) is 0 Å². The summed E-state index contributed by atoms with van der Waals surface area (Å²) in [6.45, 7) is 10.9. The molecule has 1 unspecified atom stereocenters. The molecule has 0 saturated carbocycles. The lowest BCUT2D eigenvalue weighted by atomic mass is 10.0. The summed E-state index contributed by atoms with van der Waals surface area (Å²) in [4.78, 5) is 14.2. The molecule has 1 atom stereocenters. The second-order valence-electron chi connectivity index (χ2n) is 5.03. The molecule has 0 aromatic heterocycles. The van der Waals surface area contributed by atoms with Gasteiger partial charge in [0.2, 0.25) is 0 Å². The topological polar surface area (TPSA) is 41.6 Å². The van der Waals surface area contributed by atoms with Gasteiger partial charge in [0.25, 0.3) is 0 Å². The molecule has 0 rings (SSSR count). The molecule has 0 saturated heterocycles. The number of carbonyl (C=O) groups is 1. The van der Waals surface area contributed by atoms with Crippen molar-refractivity contribution < 1.29 is 9.53 Å². The molecule has 0 aliphatic heterocycles. The maximum Gasteiger partial charge on any atom is 0.327 e. The number of hydrogen-bond acceptors (Lipinski definition) is 4. The minimum Gasteiger partial charge on any atom is -0.465 e. The van der Waals surface area contributed by atoms with E-state index in [0.717, 1.165) is 13.1 Å². The maximum absolute atomic E-state index is 12.0. The first kappa shape index (κ1) is 17.4. The molecule has 108 valence electrons. The van der Waals surface area contributed by atoms with E-state index < -0.39 is 5.54 Å². The van der Waals surface area contributed by atoms with Crippen LogP contribution in [-0.2, 0) is 9.53 Å². The molecule has 4 heteroatoms. The van der Waals surface area contributed by atoms with Crippen LogP contribution in [0.1, 0.15) is 47.0 Å². The first-order valence-corrected chi connectivity index (χ1v) is 7.11. The van der Waals surface area contributed by atoms with Crippen molar-refractivity contribution in [3.05, 3.63) is 0 Å². The van der Waals surface area contributed by atoms with E-state index in [9.17, 15) is 4.79 Å². The van der Waals surface area contributed by atoms with E-state index in [0.29, 0.717) is 13.2 Å². The van der Waals surface area contributed by atoms with Crippen LogP contribution in [0.25, 0.3) is 0 Å². The lowest BCUT2D eigenvalue weighted by Crippen LogP contribution is -2.57. The molecular weight excluding hydrogens is 228 g/mol. The Morgan fingerprint density at radius 2 is 1.94 bits per heavy atom. The second-order valence-corrected chi connectivity index (χ2v) is 5.03. The summed E-state index contributed by atoms with van der Waals surface area (Å²) in [5, 5.41) is 3.25. The van der Waals surface area contributed by atoms with Gasteiger partial charge in [0.1, 0.15) is 5.54 Å². The standard InChI is InChI=1S/C14H30N2O2/c1-6-9-10-11-16(5)12-14(4,15-7-2)13(17)18-8-3/h15H,6-12H2,1-5H3. The first-order chi connectivity index (χ1) is 8.50. The molecule has 0 amide bonds. The fourth-order valence-electron chi connectivity index (χ4n) is 2.12. The SMILES string of the molecule is CCCCCN(C)CC(C)(NCC)C(=O)OCC. The van der Waals surface area contributed by atoms with E-state index in [1.54, 1.807) is 0 Å². The van der Waals surface area contributed by atoms with Gasteiger partial charge < -0.3 is 15.0 Å². The fourth-order valence-corrected chi connectivity index (χ4v) is 2.12. The normalized spacial score (nSPS) is 14.6. The summed E-state index contributed by atoms with van der Waals surface area (Å²) < 4.78 is 5.16. The van der Waals surface area contributed by atoms with Gasteiger partial charge in [0.05, 0.1) is 6.61 Å². The van der Waals surface area contributed by atoms with Crippen molar-refractivity contribution >= 4 is 5.97 Å². The summed E-state index contributed by atoms with van der Waals surface area (Å²) >= 11 is 0. The highest BCUT2D eigenvalue weighted by Crippen LogP contribution is 2.10. The van der Waals surface area contributed by atoms with Crippen molar-refractivity contribution in [2.75, 3.05) is 33.3 Å². The zero-order valence-electron chi connectivity index (χ0n) is 12.7. The molecular formula is C14H30N2O2. The summed E-state index contributed by atoms with van der Waals surface area (Å²) in [5.41, 5.74) is -0.605. The fraction of sp³-hybridized carbons (Fsp3) is 0.929. The van der Waals surface area contributed by atoms with E-state index in [1.165, 1.54) is 19.3 Å². The number of unbranched alkanes of at least 4 members (excludes halogenated alkanes) is 2. The number of hydrogen-bond donors (Lipinski definition) is 1. The van der Waals surface area contributed by atoms with Crippen LogP contribution in [0.15, 0.2) is 0 Å². The Bertz CT molecular complexity index is 234. The lowest BCUT2D eigenvalue weighted by molar-refractivity contribution is -0.151. The van der Waals surface area contributed by atoms with Crippen molar-refractivity contribution in [1.29, 1.82) is 0 Å². The monoisotopic (exact) mass is 258 g/mol. The maximum atomic E-state index is 12.0. The molecule has 1 N–H and O–H groups in total. The minimum atomic E-state index is -0.605. The van der Waals surface area contributed by atoms with E-state index in [-0.39, 0.29) is 5.97 Å². The van der Waals surface area contributed by atoms with Gasteiger partial charge in [-0.2, -0.15) is 0 Å². The Morgan fingerprint density at radius 3 is 2.44 bits per heavy atom. The van der Waals surface area contributed by atoms with Gasteiger partial charge in [-0.15, -0.1) is 0 Å². The number of likely N-dealkylation sites (N-methyl/N-ethyl adjacent to an activating group) is 2. The van der Waals surface area contributed by atoms with Gasteiger partial charge in [0.15, 0.2) is 0 Å². The number of ether oxygens (including phenoxy) is 1. The van der Waals surface area contributed by atoms with Crippen LogP contribution in [-0.4, -0.2) is 49.7 Å². The third kappa shape index (κ3) is 6.36. The Hall–Kier alpha value is -0.610. The zero-order valence-corrected chi connectivity index (χ0v) is 12.7. The Kier molecular flexibility index (Phi) is 9.02. The molecule has 0 bridgehead atoms. The molecule has 0 aromatic rings. The van der Waals surface area contributed by atoms with Crippen LogP contribution in [0.5, 0.6) is 0 Å². The largest absolute Gasteiger partial charge is 0.465 e. The predicted molar refractivity (Wildman–Crippen MR) is 75.7 cm³/mol. The quantitative estimate of drug-likeness (QED) is 0.481. The highest BCUT2D eigenvalue weighted by molar-refractivity contribution is 5.80. The third-order valence-electron chi connectivity index (χ3n) is 3.02. The van der Waals surface area contributed by atoms with E-state index in [1.807, 2.05) is 20.8 Å². The summed E-state index contributed by atoms with van der Waals surface area (Å²) in [6.07, 6.45) is 3.63. The average molecular weight is 258 g/mol.